The van der Waals surface area contributed by atoms with Crippen LogP contribution in [0, 0.1) is 0 Å². The van der Waals surface area contributed by atoms with Gasteiger partial charge in [0.25, 0.3) is 5.91 Å². The first-order chi connectivity index (χ1) is 16.7. The molecule has 0 saturated carbocycles. The highest BCUT2D eigenvalue weighted by Gasteiger charge is 2.23. The van der Waals surface area contributed by atoms with Gasteiger partial charge in [0.15, 0.2) is 6.61 Å². The van der Waals surface area contributed by atoms with Crippen molar-refractivity contribution < 1.29 is 19.1 Å². The zero-order valence-electron chi connectivity index (χ0n) is 18.8. The molecule has 0 unspecified atom stereocenters. The Balaban J connectivity index is 1.48. The van der Waals surface area contributed by atoms with Gasteiger partial charge in [0.05, 0.1) is 12.8 Å². The Hall–Kier alpha value is -4.39. The molecular formula is C27H25N3O4. The van der Waals surface area contributed by atoms with Crippen LogP contribution in [0.1, 0.15) is 15.9 Å². The van der Waals surface area contributed by atoms with Crippen LogP contribution in [-0.2, 0) is 16.0 Å². The molecule has 0 spiro atoms. The average Bonchev–Trinajstić information content (AvgIpc) is 3.34. The van der Waals surface area contributed by atoms with Crippen LogP contribution < -0.4 is 10.1 Å². The molecule has 0 saturated heterocycles. The van der Waals surface area contributed by atoms with E-state index in [-0.39, 0.29) is 18.1 Å². The Morgan fingerprint density at radius 1 is 0.912 bits per heavy atom. The highest BCUT2D eigenvalue weighted by atomic mass is 16.5. The van der Waals surface area contributed by atoms with Crippen molar-refractivity contribution in [2.24, 2.45) is 0 Å². The standard InChI is InChI=1S/C27H25N3O4/c1-33-24-15-9-8-14-22(24)26-23(18-30(29-26)21-12-6-3-7-13-21)27(32)34-19-25(31)28-17-16-20-10-4-2-5-11-20/h2-15,18H,16-17,19H2,1H3,(H,28,31). The van der Waals surface area contributed by atoms with E-state index in [4.69, 9.17) is 9.47 Å². The molecular weight excluding hydrogens is 430 g/mol. The van der Waals surface area contributed by atoms with Crippen LogP contribution in [0.25, 0.3) is 16.9 Å². The Labute approximate surface area is 197 Å². The summed E-state index contributed by atoms with van der Waals surface area (Å²) in [5.74, 6) is -0.423. The highest BCUT2D eigenvalue weighted by Crippen LogP contribution is 2.32. The zero-order valence-corrected chi connectivity index (χ0v) is 18.8. The first-order valence-corrected chi connectivity index (χ1v) is 10.9. The Morgan fingerprint density at radius 3 is 2.32 bits per heavy atom. The second-order valence-electron chi connectivity index (χ2n) is 7.53. The van der Waals surface area contributed by atoms with Crippen molar-refractivity contribution in [3.05, 3.63) is 102 Å². The summed E-state index contributed by atoms with van der Waals surface area (Å²) >= 11 is 0. The number of benzene rings is 3. The van der Waals surface area contributed by atoms with Crippen molar-refractivity contribution in [1.82, 2.24) is 15.1 Å². The van der Waals surface area contributed by atoms with Gasteiger partial charge in [-0.3, -0.25) is 4.79 Å². The number of aromatic nitrogens is 2. The van der Waals surface area contributed by atoms with Crippen LogP contribution >= 0.6 is 0 Å². The smallest absolute Gasteiger partial charge is 0.342 e. The SMILES string of the molecule is COc1ccccc1-c1nn(-c2ccccc2)cc1C(=O)OCC(=O)NCCc1ccccc1. The maximum absolute atomic E-state index is 13.0. The van der Waals surface area contributed by atoms with E-state index in [0.29, 0.717) is 30.0 Å². The summed E-state index contributed by atoms with van der Waals surface area (Å²) in [7, 11) is 1.56. The molecule has 1 N–H and O–H groups in total. The summed E-state index contributed by atoms with van der Waals surface area (Å²) in [4.78, 5) is 25.2. The minimum Gasteiger partial charge on any atom is -0.496 e. The number of nitrogens with one attached hydrogen (secondary N) is 1. The predicted molar refractivity (Wildman–Crippen MR) is 129 cm³/mol. The third-order valence-electron chi connectivity index (χ3n) is 5.23. The van der Waals surface area contributed by atoms with Crippen LogP contribution in [0.15, 0.2) is 91.1 Å². The minimum absolute atomic E-state index is 0.241. The fraction of sp³-hybridized carbons (Fsp3) is 0.148. The van der Waals surface area contributed by atoms with E-state index in [1.165, 1.54) is 0 Å². The molecule has 7 nitrogen and oxygen atoms in total. The highest BCUT2D eigenvalue weighted by molar-refractivity contribution is 5.98. The Morgan fingerprint density at radius 2 is 1.59 bits per heavy atom. The van der Waals surface area contributed by atoms with Gasteiger partial charge in [-0.1, -0.05) is 60.7 Å². The maximum Gasteiger partial charge on any atom is 0.342 e. The molecule has 1 heterocycles. The lowest BCUT2D eigenvalue weighted by Gasteiger charge is -2.09. The van der Waals surface area contributed by atoms with Gasteiger partial charge in [0.2, 0.25) is 0 Å². The van der Waals surface area contributed by atoms with Crippen LogP contribution in [0.4, 0.5) is 0 Å². The van der Waals surface area contributed by atoms with Crippen molar-refractivity contribution in [2.75, 3.05) is 20.3 Å². The molecule has 0 aliphatic heterocycles. The molecule has 3 aromatic carbocycles. The molecule has 4 rings (SSSR count). The van der Waals surface area contributed by atoms with E-state index >= 15 is 0 Å². The van der Waals surface area contributed by atoms with Gasteiger partial charge >= 0.3 is 5.97 Å². The first kappa shape index (κ1) is 22.8. The lowest BCUT2D eigenvalue weighted by Crippen LogP contribution is -2.30. The summed E-state index contributed by atoms with van der Waals surface area (Å²) in [6, 6.07) is 26.6. The second kappa shape index (κ2) is 11.0. The molecule has 0 atom stereocenters. The van der Waals surface area contributed by atoms with Gasteiger partial charge in [-0.15, -0.1) is 0 Å². The Bertz CT molecular complexity index is 1250. The lowest BCUT2D eigenvalue weighted by molar-refractivity contribution is -0.124. The number of esters is 1. The molecule has 0 fully saturated rings. The summed E-state index contributed by atoms with van der Waals surface area (Å²) in [6.45, 7) is 0.0777. The van der Waals surface area contributed by atoms with Gasteiger partial charge in [-0.05, 0) is 36.2 Å². The van der Waals surface area contributed by atoms with E-state index in [2.05, 4.69) is 10.4 Å². The molecule has 172 valence electrons. The summed E-state index contributed by atoms with van der Waals surface area (Å²) in [5, 5.41) is 7.40. The van der Waals surface area contributed by atoms with Crippen molar-refractivity contribution in [3.63, 3.8) is 0 Å². The van der Waals surface area contributed by atoms with Crippen molar-refractivity contribution in [1.29, 1.82) is 0 Å². The molecule has 0 radical (unpaired) electrons. The molecule has 34 heavy (non-hydrogen) atoms. The zero-order chi connectivity index (χ0) is 23.8. The summed E-state index contributed by atoms with van der Waals surface area (Å²) < 4.78 is 12.4. The third-order valence-corrected chi connectivity index (χ3v) is 5.23. The van der Waals surface area contributed by atoms with Crippen molar-refractivity contribution >= 4 is 11.9 Å². The lowest BCUT2D eigenvalue weighted by atomic mass is 10.1. The van der Waals surface area contributed by atoms with Gasteiger partial charge in [0, 0.05) is 18.3 Å². The number of para-hydroxylation sites is 2. The maximum atomic E-state index is 13.0. The molecule has 1 amide bonds. The topological polar surface area (TPSA) is 82.5 Å². The number of hydrogen-bond donors (Lipinski definition) is 1. The fourth-order valence-corrected chi connectivity index (χ4v) is 3.53. The summed E-state index contributed by atoms with van der Waals surface area (Å²) in [5.41, 5.74) is 3.21. The number of methoxy groups -OCH3 is 1. The van der Waals surface area contributed by atoms with Crippen molar-refractivity contribution in [2.45, 2.75) is 6.42 Å². The number of ether oxygens (including phenoxy) is 2. The number of amides is 1. The van der Waals surface area contributed by atoms with Crippen molar-refractivity contribution in [3.8, 4) is 22.7 Å². The number of nitrogens with zero attached hydrogens (tertiary/aromatic N) is 2. The minimum atomic E-state index is -0.638. The fourth-order valence-electron chi connectivity index (χ4n) is 3.53. The van der Waals surface area contributed by atoms with Gasteiger partial charge in [-0.2, -0.15) is 5.10 Å². The molecule has 1 aromatic heterocycles. The molecule has 7 heteroatoms. The molecule has 0 bridgehead atoms. The van der Waals surface area contributed by atoms with Crippen LogP contribution in [0.5, 0.6) is 5.75 Å². The normalized spacial score (nSPS) is 10.5. The van der Waals surface area contributed by atoms with Crippen LogP contribution in [-0.4, -0.2) is 41.9 Å². The largest absolute Gasteiger partial charge is 0.496 e. The first-order valence-electron chi connectivity index (χ1n) is 10.9. The van der Waals surface area contributed by atoms with E-state index in [9.17, 15) is 9.59 Å². The number of hydrogen-bond acceptors (Lipinski definition) is 5. The van der Waals surface area contributed by atoms with Gasteiger partial charge in [0.1, 0.15) is 17.0 Å². The van der Waals surface area contributed by atoms with Gasteiger partial charge in [-0.25, -0.2) is 9.48 Å². The quantitative estimate of drug-likeness (QED) is 0.385. The van der Waals surface area contributed by atoms with E-state index in [1.54, 1.807) is 24.1 Å². The number of carbonyl (C=O) groups is 2. The monoisotopic (exact) mass is 455 g/mol. The molecule has 0 aliphatic rings. The number of carbonyl (C=O) groups excluding carboxylic acids is 2. The van der Waals surface area contributed by atoms with E-state index < -0.39 is 5.97 Å². The molecule has 4 aromatic rings. The average molecular weight is 456 g/mol. The summed E-state index contributed by atoms with van der Waals surface area (Å²) in [6.07, 6.45) is 2.30. The number of rotatable bonds is 9. The Kier molecular flexibility index (Phi) is 7.35. The van der Waals surface area contributed by atoms with E-state index in [1.807, 2.05) is 78.9 Å². The van der Waals surface area contributed by atoms with Crippen LogP contribution in [0.2, 0.25) is 0 Å². The molecule has 0 aliphatic carbocycles. The third kappa shape index (κ3) is 5.50. The van der Waals surface area contributed by atoms with Crippen LogP contribution in [0.3, 0.4) is 0 Å². The second-order valence-corrected chi connectivity index (χ2v) is 7.53. The van der Waals surface area contributed by atoms with E-state index in [0.717, 1.165) is 11.3 Å². The van der Waals surface area contributed by atoms with Gasteiger partial charge < -0.3 is 14.8 Å². The predicted octanol–water partition coefficient (Wildman–Crippen LogP) is 4.06.